The van der Waals surface area contributed by atoms with E-state index in [2.05, 4.69) is 6.92 Å². The summed E-state index contributed by atoms with van der Waals surface area (Å²) >= 11 is 0. The van der Waals surface area contributed by atoms with Gasteiger partial charge >= 0.3 is 5.97 Å². The van der Waals surface area contributed by atoms with Gasteiger partial charge in [-0.05, 0) is 20.3 Å². The van der Waals surface area contributed by atoms with Crippen molar-refractivity contribution in [2.24, 2.45) is 5.73 Å². The molecule has 0 aliphatic rings. The van der Waals surface area contributed by atoms with Gasteiger partial charge in [0.25, 0.3) is 0 Å². The van der Waals surface area contributed by atoms with Crippen molar-refractivity contribution in [3.05, 3.63) is 0 Å². The molecule has 0 amide bonds. The van der Waals surface area contributed by atoms with Crippen LogP contribution in [0.25, 0.3) is 0 Å². The first-order valence-electron chi connectivity index (χ1n) is 9.97. The van der Waals surface area contributed by atoms with Gasteiger partial charge in [-0.15, -0.1) is 0 Å². The van der Waals surface area contributed by atoms with E-state index in [4.69, 9.17) is 15.9 Å². The third-order valence-corrected chi connectivity index (χ3v) is 3.99. The maximum absolute atomic E-state index is 10.3. The summed E-state index contributed by atoms with van der Waals surface area (Å²) < 4.78 is 0. The van der Waals surface area contributed by atoms with Crippen molar-refractivity contribution in [3.63, 3.8) is 0 Å². The van der Waals surface area contributed by atoms with Gasteiger partial charge in [0.1, 0.15) is 0 Å². The molecule has 4 nitrogen and oxygen atoms in total. The minimum Gasteiger partial charge on any atom is -0.481 e. The smallest absolute Gasteiger partial charge is 0.303 e. The van der Waals surface area contributed by atoms with E-state index in [0.717, 1.165) is 12.8 Å². The van der Waals surface area contributed by atoms with Crippen molar-refractivity contribution in [1.82, 2.24) is 0 Å². The lowest BCUT2D eigenvalue weighted by atomic mass is 10.0. The highest BCUT2D eigenvalue weighted by Gasteiger charge is 2.06. The summed E-state index contributed by atoms with van der Waals surface area (Å²) in [7, 11) is 0. The van der Waals surface area contributed by atoms with Gasteiger partial charge in [0.05, 0.1) is 5.60 Å². The van der Waals surface area contributed by atoms with Crippen LogP contribution in [0.1, 0.15) is 111 Å². The zero-order chi connectivity index (χ0) is 18.7. The predicted octanol–water partition coefficient (Wildman–Crippen LogP) is 5.27. The van der Waals surface area contributed by atoms with Crippen molar-refractivity contribution in [2.75, 3.05) is 6.54 Å². The zero-order valence-electron chi connectivity index (χ0n) is 16.5. The third kappa shape index (κ3) is 29.4. The van der Waals surface area contributed by atoms with Crippen molar-refractivity contribution in [2.45, 2.75) is 116 Å². The Bertz CT molecular complexity index is 262. The summed E-state index contributed by atoms with van der Waals surface area (Å²) in [6, 6.07) is 0. The number of carbonyl (C=O) groups is 1. The van der Waals surface area contributed by atoms with Crippen LogP contribution in [0.2, 0.25) is 0 Å². The molecule has 0 aromatic rings. The standard InChI is InChI=1S/C16H32O2.C4H11NO/c1-2-3-4-5-6-7-8-9-10-11-12-13-14-15-16(17)18;1-4(2,6)3-5/h2-15H2,1H3,(H,17,18);6H,3,5H2,1-2H3. The number of carboxylic acid groups (broad SMARTS) is 1. The van der Waals surface area contributed by atoms with Crippen LogP contribution in [0.4, 0.5) is 0 Å². The number of carboxylic acids is 1. The molecule has 0 heterocycles. The summed E-state index contributed by atoms with van der Waals surface area (Å²) in [5, 5.41) is 17.2. The third-order valence-electron chi connectivity index (χ3n) is 3.99. The lowest BCUT2D eigenvalue weighted by Gasteiger charge is -2.11. The molecule has 0 atom stereocenters. The number of rotatable bonds is 15. The Morgan fingerprint density at radius 3 is 1.33 bits per heavy atom. The molecule has 0 spiro atoms. The monoisotopic (exact) mass is 345 g/mol. The second-order valence-electron chi connectivity index (χ2n) is 7.40. The maximum Gasteiger partial charge on any atom is 0.303 e. The summed E-state index contributed by atoms with van der Waals surface area (Å²) in [6.45, 7) is 5.93. The lowest BCUT2D eigenvalue weighted by Crippen LogP contribution is -2.29. The molecule has 0 saturated heterocycles. The first-order chi connectivity index (χ1) is 11.3. The van der Waals surface area contributed by atoms with Gasteiger partial charge in [-0.2, -0.15) is 0 Å². The molecule has 0 aliphatic heterocycles. The molecule has 0 unspecified atom stereocenters. The molecule has 0 saturated carbocycles. The quantitative estimate of drug-likeness (QED) is 0.353. The second-order valence-corrected chi connectivity index (χ2v) is 7.40. The van der Waals surface area contributed by atoms with Crippen molar-refractivity contribution in [3.8, 4) is 0 Å². The summed E-state index contributed by atoms with van der Waals surface area (Å²) in [5.41, 5.74) is 4.38. The lowest BCUT2D eigenvalue weighted by molar-refractivity contribution is -0.137. The fraction of sp³-hybridized carbons (Fsp3) is 0.950. The zero-order valence-corrected chi connectivity index (χ0v) is 16.5. The summed E-state index contributed by atoms with van der Waals surface area (Å²) in [4.78, 5) is 10.3. The Kier molecular flexibility index (Phi) is 20.0. The largest absolute Gasteiger partial charge is 0.481 e. The number of unbranched alkanes of at least 4 members (excludes halogenated alkanes) is 12. The van der Waals surface area contributed by atoms with E-state index in [9.17, 15) is 4.79 Å². The maximum atomic E-state index is 10.3. The van der Waals surface area contributed by atoms with Crippen LogP contribution in [-0.2, 0) is 4.79 Å². The van der Waals surface area contributed by atoms with Crippen LogP contribution in [0.5, 0.6) is 0 Å². The van der Waals surface area contributed by atoms with E-state index in [1.165, 1.54) is 70.6 Å². The van der Waals surface area contributed by atoms with Gasteiger partial charge in [0.2, 0.25) is 0 Å². The molecule has 0 rings (SSSR count). The van der Waals surface area contributed by atoms with Crippen molar-refractivity contribution in [1.29, 1.82) is 0 Å². The minimum atomic E-state index is -0.681. The van der Waals surface area contributed by atoms with E-state index in [0.29, 0.717) is 13.0 Å². The van der Waals surface area contributed by atoms with Gasteiger partial charge in [-0.3, -0.25) is 4.79 Å². The van der Waals surface area contributed by atoms with Crippen molar-refractivity contribution >= 4 is 5.97 Å². The minimum absolute atomic E-state index is 0.326. The van der Waals surface area contributed by atoms with E-state index < -0.39 is 11.6 Å². The van der Waals surface area contributed by atoms with Crippen LogP contribution in [0.3, 0.4) is 0 Å². The Labute approximate surface area is 150 Å². The van der Waals surface area contributed by atoms with Gasteiger partial charge in [-0.25, -0.2) is 0 Å². The van der Waals surface area contributed by atoms with Crippen LogP contribution in [0, 0.1) is 0 Å². The average Bonchev–Trinajstić information content (AvgIpc) is 2.51. The average molecular weight is 346 g/mol. The van der Waals surface area contributed by atoms with E-state index in [1.54, 1.807) is 13.8 Å². The van der Waals surface area contributed by atoms with Gasteiger partial charge < -0.3 is 15.9 Å². The SMILES string of the molecule is CC(C)(O)CN.CCCCCCCCCCCCCCCC(=O)O. The summed E-state index contributed by atoms with van der Waals surface area (Å²) in [5.74, 6) is -0.655. The predicted molar refractivity (Wildman–Crippen MR) is 103 cm³/mol. The fourth-order valence-corrected chi connectivity index (χ4v) is 2.29. The highest BCUT2D eigenvalue weighted by Crippen LogP contribution is 2.12. The fourth-order valence-electron chi connectivity index (χ4n) is 2.29. The van der Waals surface area contributed by atoms with Crippen molar-refractivity contribution < 1.29 is 15.0 Å². The van der Waals surface area contributed by atoms with E-state index in [1.807, 2.05) is 0 Å². The molecular weight excluding hydrogens is 302 g/mol. The Morgan fingerprint density at radius 2 is 1.08 bits per heavy atom. The number of aliphatic carboxylic acids is 1. The molecule has 4 heteroatoms. The highest BCUT2D eigenvalue weighted by atomic mass is 16.4. The Hall–Kier alpha value is -0.610. The molecule has 0 aromatic heterocycles. The Morgan fingerprint density at radius 1 is 0.792 bits per heavy atom. The van der Waals surface area contributed by atoms with Crippen LogP contribution in [-0.4, -0.2) is 28.3 Å². The molecular formula is C20H43NO3. The number of hydrogen-bond donors (Lipinski definition) is 3. The first-order valence-corrected chi connectivity index (χ1v) is 9.97. The molecule has 24 heavy (non-hydrogen) atoms. The van der Waals surface area contributed by atoms with Gasteiger partial charge in [0.15, 0.2) is 0 Å². The van der Waals surface area contributed by atoms with E-state index >= 15 is 0 Å². The Balaban J connectivity index is 0. The molecule has 146 valence electrons. The molecule has 0 bridgehead atoms. The molecule has 0 radical (unpaired) electrons. The topological polar surface area (TPSA) is 83.5 Å². The van der Waals surface area contributed by atoms with Crippen LogP contribution in [0.15, 0.2) is 0 Å². The van der Waals surface area contributed by atoms with Gasteiger partial charge in [0, 0.05) is 13.0 Å². The normalized spacial score (nSPS) is 11.0. The molecule has 0 aliphatic carbocycles. The van der Waals surface area contributed by atoms with Gasteiger partial charge in [-0.1, -0.05) is 84.0 Å². The molecule has 0 fully saturated rings. The molecule has 0 aromatic carbocycles. The second kappa shape index (κ2) is 18.7. The molecule has 4 N–H and O–H groups in total. The number of nitrogens with two attached hydrogens (primary N) is 1. The number of aliphatic hydroxyl groups is 1. The first kappa shape index (κ1) is 25.6. The highest BCUT2D eigenvalue weighted by molar-refractivity contribution is 5.66. The summed E-state index contributed by atoms with van der Waals surface area (Å²) in [6.07, 6.45) is 17.3. The van der Waals surface area contributed by atoms with Crippen LogP contribution < -0.4 is 5.73 Å². The van der Waals surface area contributed by atoms with Crippen LogP contribution >= 0.6 is 0 Å². The number of hydrogen-bond acceptors (Lipinski definition) is 3. The van der Waals surface area contributed by atoms with E-state index in [-0.39, 0.29) is 0 Å².